The number of phenols is 1. The molecule has 0 spiro atoms. The van der Waals surface area contributed by atoms with E-state index in [1.807, 2.05) is 23.1 Å². The summed E-state index contributed by atoms with van der Waals surface area (Å²) in [6.07, 6.45) is 1.37. The van der Waals surface area contributed by atoms with E-state index in [2.05, 4.69) is 34.8 Å². The highest BCUT2D eigenvalue weighted by Gasteiger charge is 2.33. The number of hydrogen-bond donors (Lipinski definition) is 2. The van der Waals surface area contributed by atoms with Crippen molar-refractivity contribution in [1.29, 1.82) is 0 Å². The second kappa shape index (κ2) is 6.29. The molecular formula is C20H20N4O2. The van der Waals surface area contributed by atoms with Crippen LogP contribution >= 0.6 is 0 Å². The second-order valence-electron chi connectivity index (χ2n) is 6.81. The third kappa shape index (κ3) is 2.73. The molecule has 1 aliphatic rings. The summed E-state index contributed by atoms with van der Waals surface area (Å²) in [5, 5.41) is 19.5. The largest absolute Gasteiger partial charge is 0.507 e. The molecule has 1 fully saturated rings. The van der Waals surface area contributed by atoms with Crippen LogP contribution in [0, 0.1) is 5.92 Å². The Kier molecular flexibility index (Phi) is 3.95. The predicted molar refractivity (Wildman–Crippen MR) is 99.7 cm³/mol. The van der Waals surface area contributed by atoms with Gasteiger partial charge in [0.15, 0.2) is 5.65 Å². The molecule has 6 heteroatoms. The molecule has 0 saturated carbocycles. The van der Waals surface area contributed by atoms with Gasteiger partial charge in [-0.25, -0.2) is 0 Å². The van der Waals surface area contributed by atoms with Crippen LogP contribution in [0.3, 0.4) is 0 Å². The Morgan fingerprint density at radius 3 is 2.88 bits per heavy atom. The van der Waals surface area contributed by atoms with Crippen LogP contribution in [0.5, 0.6) is 5.75 Å². The lowest BCUT2D eigenvalue weighted by Crippen LogP contribution is -2.26. The molecular weight excluding hydrogens is 328 g/mol. The first-order chi connectivity index (χ1) is 12.6. The zero-order chi connectivity index (χ0) is 18.3. The van der Waals surface area contributed by atoms with Crippen LogP contribution in [0.2, 0.25) is 0 Å². The number of para-hydroxylation sites is 1. The molecule has 1 amide bonds. The van der Waals surface area contributed by atoms with E-state index in [0.29, 0.717) is 29.4 Å². The fourth-order valence-corrected chi connectivity index (χ4v) is 3.66. The van der Waals surface area contributed by atoms with Crippen molar-refractivity contribution >= 4 is 16.9 Å². The maximum absolute atomic E-state index is 11.9. The van der Waals surface area contributed by atoms with Gasteiger partial charge >= 0.3 is 0 Å². The van der Waals surface area contributed by atoms with E-state index in [0.717, 1.165) is 17.6 Å². The van der Waals surface area contributed by atoms with E-state index < -0.39 is 0 Å². The van der Waals surface area contributed by atoms with E-state index in [-0.39, 0.29) is 17.6 Å². The van der Waals surface area contributed by atoms with Gasteiger partial charge in [-0.05, 0) is 36.3 Å². The van der Waals surface area contributed by atoms with E-state index in [1.165, 1.54) is 6.08 Å². The average Bonchev–Trinajstić information content (AvgIpc) is 3.24. The summed E-state index contributed by atoms with van der Waals surface area (Å²) < 4.78 is 0. The van der Waals surface area contributed by atoms with Gasteiger partial charge in [-0.2, -0.15) is 0 Å². The number of amides is 1. The zero-order valence-electron chi connectivity index (χ0n) is 14.5. The standard InChI is InChI=1S/C20H20N4O2/c1-3-19(26)24-10-12(2)15(11-24)16-8-13-9-17(22-23-20(13)21-16)14-6-4-5-7-18(14)25/h3-9,12,15,25H,1,10-11H2,2H3,(H,21,23)/t12-,15?/m0/s1. The number of fused-ring (bicyclic) bond motifs is 1. The number of carbonyl (C=O) groups is 1. The zero-order valence-corrected chi connectivity index (χ0v) is 14.5. The Bertz CT molecular complexity index is 994. The molecule has 2 N–H and O–H groups in total. The monoisotopic (exact) mass is 348 g/mol. The predicted octanol–water partition coefficient (Wildman–Crippen LogP) is 3.08. The van der Waals surface area contributed by atoms with Gasteiger partial charge in [-0.3, -0.25) is 4.79 Å². The molecule has 2 aromatic heterocycles. The van der Waals surface area contributed by atoms with Gasteiger partial charge in [0.25, 0.3) is 0 Å². The SMILES string of the molecule is C=CC(=O)N1CC(c2cc3cc(-c4ccccc4O)nnc3[nH]2)[C@@H](C)C1. The summed E-state index contributed by atoms with van der Waals surface area (Å²) in [5.41, 5.74) is 3.04. The van der Waals surface area contributed by atoms with Crippen molar-refractivity contribution in [3.8, 4) is 17.0 Å². The Morgan fingerprint density at radius 2 is 2.12 bits per heavy atom. The Hall–Kier alpha value is -3.15. The molecule has 1 aliphatic heterocycles. The summed E-state index contributed by atoms with van der Waals surface area (Å²) in [7, 11) is 0. The number of rotatable bonds is 3. The highest BCUT2D eigenvalue weighted by atomic mass is 16.3. The molecule has 0 radical (unpaired) electrons. The highest BCUT2D eigenvalue weighted by Crippen LogP contribution is 2.34. The smallest absolute Gasteiger partial charge is 0.245 e. The van der Waals surface area contributed by atoms with Crippen molar-refractivity contribution in [3.63, 3.8) is 0 Å². The lowest BCUT2D eigenvalue weighted by atomic mass is 9.95. The van der Waals surface area contributed by atoms with Crippen LogP contribution in [0.25, 0.3) is 22.3 Å². The third-order valence-corrected chi connectivity index (χ3v) is 5.08. The van der Waals surface area contributed by atoms with Crippen molar-refractivity contribution in [3.05, 3.63) is 54.7 Å². The van der Waals surface area contributed by atoms with Crippen molar-refractivity contribution in [1.82, 2.24) is 20.1 Å². The lowest BCUT2D eigenvalue weighted by Gasteiger charge is -2.13. The maximum atomic E-state index is 11.9. The quantitative estimate of drug-likeness (QED) is 0.713. The Morgan fingerprint density at radius 1 is 1.31 bits per heavy atom. The van der Waals surface area contributed by atoms with E-state index in [9.17, 15) is 9.90 Å². The summed E-state index contributed by atoms with van der Waals surface area (Å²) >= 11 is 0. The minimum atomic E-state index is -0.0305. The third-order valence-electron chi connectivity index (χ3n) is 5.08. The Balaban J connectivity index is 1.67. The fraction of sp³-hybridized carbons (Fsp3) is 0.250. The molecule has 26 heavy (non-hydrogen) atoms. The number of likely N-dealkylation sites (tertiary alicyclic amines) is 1. The molecule has 132 valence electrons. The first kappa shape index (κ1) is 16.3. The number of carbonyl (C=O) groups excluding carboxylic acids is 1. The first-order valence-electron chi connectivity index (χ1n) is 8.63. The number of aromatic hydroxyl groups is 1. The summed E-state index contributed by atoms with van der Waals surface area (Å²) in [4.78, 5) is 17.1. The summed E-state index contributed by atoms with van der Waals surface area (Å²) in [5.74, 6) is 0.719. The molecule has 1 aromatic carbocycles. The van der Waals surface area contributed by atoms with Crippen molar-refractivity contribution in [2.45, 2.75) is 12.8 Å². The molecule has 0 aliphatic carbocycles. The number of nitrogens with zero attached hydrogens (tertiary/aromatic N) is 3. The molecule has 3 aromatic rings. The van der Waals surface area contributed by atoms with Crippen LogP contribution in [-0.4, -0.2) is 44.2 Å². The van der Waals surface area contributed by atoms with Gasteiger partial charge in [0.1, 0.15) is 5.75 Å². The molecule has 4 rings (SSSR count). The van der Waals surface area contributed by atoms with Crippen molar-refractivity contribution < 1.29 is 9.90 Å². The highest BCUT2D eigenvalue weighted by molar-refractivity contribution is 5.87. The first-order valence-corrected chi connectivity index (χ1v) is 8.63. The topological polar surface area (TPSA) is 82.1 Å². The number of H-pyrrole nitrogens is 1. The minimum Gasteiger partial charge on any atom is -0.507 e. The van der Waals surface area contributed by atoms with Gasteiger partial charge in [-0.1, -0.05) is 25.6 Å². The number of nitrogens with one attached hydrogen (secondary N) is 1. The number of benzene rings is 1. The van der Waals surface area contributed by atoms with Crippen LogP contribution in [-0.2, 0) is 4.79 Å². The van der Waals surface area contributed by atoms with Crippen LogP contribution in [0.4, 0.5) is 0 Å². The Labute approximate surface area is 151 Å². The van der Waals surface area contributed by atoms with E-state index in [4.69, 9.17) is 0 Å². The van der Waals surface area contributed by atoms with Crippen molar-refractivity contribution in [2.24, 2.45) is 5.92 Å². The second-order valence-corrected chi connectivity index (χ2v) is 6.81. The molecule has 2 atom stereocenters. The molecule has 1 unspecified atom stereocenters. The molecule has 3 heterocycles. The molecule has 6 nitrogen and oxygen atoms in total. The number of aromatic amines is 1. The minimum absolute atomic E-state index is 0.0305. The van der Waals surface area contributed by atoms with Gasteiger partial charge in [-0.15, -0.1) is 10.2 Å². The van der Waals surface area contributed by atoms with Gasteiger partial charge < -0.3 is 15.0 Å². The van der Waals surface area contributed by atoms with Crippen molar-refractivity contribution in [2.75, 3.05) is 13.1 Å². The molecule has 1 saturated heterocycles. The van der Waals surface area contributed by atoms with E-state index in [1.54, 1.807) is 12.1 Å². The normalized spacial score (nSPS) is 19.8. The summed E-state index contributed by atoms with van der Waals surface area (Å²) in [6, 6.07) is 11.1. The van der Waals surface area contributed by atoms with Gasteiger partial charge in [0, 0.05) is 35.7 Å². The number of hydrogen-bond acceptors (Lipinski definition) is 4. The van der Waals surface area contributed by atoms with E-state index >= 15 is 0 Å². The average molecular weight is 348 g/mol. The number of aromatic nitrogens is 3. The summed E-state index contributed by atoms with van der Waals surface area (Å²) in [6.45, 7) is 7.10. The van der Waals surface area contributed by atoms with Crippen LogP contribution in [0.15, 0.2) is 49.1 Å². The van der Waals surface area contributed by atoms with Gasteiger partial charge in [0.05, 0.1) is 5.69 Å². The van der Waals surface area contributed by atoms with Crippen LogP contribution in [0.1, 0.15) is 18.5 Å². The lowest BCUT2D eigenvalue weighted by molar-refractivity contribution is -0.125. The van der Waals surface area contributed by atoms with Gasteiger partial charge in [0.2, 0.25) is 5.91 Å². The maximum Gasteiger partial charge on any atom is 0.245 e. The fourth-order valence-electron chi connectivity index (χ4n) is 3.66. The van der Waals surface area contributed by atoms with Crippen LogP contribution < -0.4 is 0 Å². The molecule has 0 bridgehead atoms. The number of phenolic OH excluding ortho intramolecular Hbond substituents is 1.